The summed E-state index contributed by atoms with van der Waals surface area (Å²) in [5, 5.41) is 3.00. The minimum Gasteiger partial charge on any atom is -0.483 e. The van der Waals surface area contributed by atoms with Crippen LogP contribution in [-0.4, -0.2) is 21.1 Å². The Hall–Kier alpha value is -3.00. The molecule has 0 saturated heterocycles. The second-order valence-corrected chi connectivity index (χ2v) is 10.8. The molecule has 0 amide bonds. The molecule has 0 spiro atoms. The number of esters is 1. The van der Waals surface area contributed by atoms with Gasteiger partial charge in [0, 0.05) is 40.7 Å². The second-order valence-electron chi connectivity index (χ2n) is 9.83. The molecule has 1 aromatic carbocycles. The van der Waals surface area contributed by atoms with Gasteiger partial charge in [-0.2, -0.15) is 0 Å². The van der Waals surface area contributed by atoms with Crippen LogP contribution in [0.25, 0.3) is 17.0 Å². The van der Waals surface area contributed by atoms with E-state index in [1.54, 1.807) is 33.0 Å². The van der Waals surface area contributed by atoms with E-state index in [2.05, 4.69) is 18.8 Å². The van der Waals surface area contributed by atoms with E-state index in [4.69, 9.17) is 9.47 Å². The Labute approximate surface area is 202 Å². The van der Waals surface area contributed by atoms with E-state index < -0.39 is 17.4 Å². The van der Waals surface area contributed by atoms with Crippen molar-refractivity contribution in [3.8, 4) is 5.75 Å². The summed E-state index contributed by atoms with van der Waals surface area (Å²) in [5.41, 5.74) is 0.923. The van der Waals surface area contributed by atoms with Gasteiger partial charge < -0.3 is 14.0 Å². The highest BCUT2D eigenvalue weighted by atomic mass is 32.1. The zero-order valence-corrected chi connectivity index (χ0v) is 20.9. The van der Waals surface area contributed by atoms with Crippen LogP contribution in [0.3, 0.4) is 0 Å². The lowest BCUT2D eigenvalue weighted by molar-refractivity contribution is -0.148. The number of ether oxygens (including phenoxy) is 2. The van der Waals surface area contributed by atoms with E-state index in [1.165, 1.54) is 29.6 Å². The lowest BCUT2D eigenvalue weighted by Gasteiger charge is -2.18. The van der Waals surface area contributed by atoms with Crippen molar-refractivity contribution in [2.75, 3.05) is 0 Å². The lowest BCUT2D eigenvalue weighted by atomic mass is 10.1. The van der Waals surface area contributed by atoms with Crippen LogP contribution in [0.1, 0.15) is 75.7 Å². The Kier molecular flexibility index (Phi) is 6.62. The van der Waals surface area contributed by atoms with Crippen LogP contribution < -0.4 is 10.2 Å². The first-order valence-electron chi connectivity index (χ1n) is 11.4. The van der Waals surface area contributed by atoms with E-state index in [9.17, 15) is 14.0 Å². The van der Waals surface area contributed by atoms with Crippen LogP contribution in [-0.2, 0) is 16.1 Å². The van der Waals surface area contributed by atoms with Crippen LogP contribution in [0.15, 0.2) is 34.6 Å². The van der Waals surface area contributed by atoms with Crippen molar-refractivity contribution >= 4 is 34.3 Å². The van der Waals surface area contributed by atoms with Gasteiger partial charge in [0.1, 0.15) is 17.2 Å². The first kappa shape index (κ1) is 24.1. The molecule has 8 heteroatoms. The van der Waals surface area contributed by atoms with Crippen molar-refractivity contribution in [1.82, 2.24) is 9.55 Å². The van der Waals surface area contributed by atoms with Crippen molar-refractivity contribution in [1.29, 1.82) is 0 Å². The topological polar surface area (TPSA) is 70.4 Å². The normalized spacial score (nSPS) is 14.3. The number of fused-ring (bicyclic) bond motifs is 1. The molecule has 4 rings (SSSR count). The molecule has 0 bridgehead atoms. The summed E-state index contributed by atoms with van der Waals surface area (Å²) in [4.78, 5) is 29.7. The van der Waals surface area contributed by atoms with Crippen molar-refractivity contribution in [2.24, 2.45) is 0 Å². The maximum Gasteiger partial charge on any atom is 0.331 e. The van der Waals surface area contributed by atoms with Gasteiger partial charge in [0.2, 0.25) is 0 Å². The number of halogens is 1. The van der Waals surface area contributed by atoms with Gasteiger partial charge in [-0.15, -0.1) is 11.3 Å². The summed E-state index contributed by atoms with van der Waals surface area (Å²) >= 11 is 1.48. The number of thiazole rings is 1. The number of hydrogen-bond acceptors (Lipinski definition) is 6. The van der Waals surface area contributed by atoms with Crippen LogP contribution in [0.2, 0.25) is 0 Å². The second kappa shape index (κ2) is 9.33. The highest BCUT2D eigenvalue weighted by molar-refractivity contribution is 7.09. The first-order valence-corrected chi connectivity index (χ1v) is 12.3. The summed E-state index contributed by atoms with van der Waals surface area (Å²) in [5.74, 6) is -0.753. The Bertz CT molecular complexity index is 1310. The quantitative estimate of drug-likeness (QED) is 0.304. The third-order valence-corrected chi connectivity index (χ3v) is 6.21. The molecule has 6 nitrogen and oxygen atoms in total. The average molecular weight is 485 g/mol. The van der Waals surface area contributed by atoms with Crippen molar-refractivity contribution in [3.63, 3.8) is 0 Å². The number of nitrogens with zero attached hydrogens (tertiary/aromatic N) is 2. The van der Waals surface area contributed by atoms with Gasteiger partial charge in [-0.25, -0.2) is 14.2 Å². The largest absolute Gasteiger partial charge is 0.483 e. The van der Waals surface area contributed by atoms with Gasteiger partial charge in [-0.1, -0.05) is 13.8 Å². The number of pyridine rings is 1. The van der Waals surface area contributed by atoms with Crippen LogP contribution in [0.4, 0.5) is 4.39 Å². The zero-order chi connectivity index (χ0) is 24.6. The molecule has 1 saturated carbocycles. The monoisotopic (exact) mass is 484 g/mol. The van der Waals surface area contributed by atoms with E-state index in [-0.39, 0.29) is 29.2 Å². The molecule has 0 aliphatic heterocycles. The highest BCUT2D eigenvalue weighted by Crippen LogP contribution is 2.38. The number of aromatic nitrogens is 2. The molecule has 1 fully saturated rings. The summed E-state index contributed by atoms with van der Waals surface area (Å²) in [6.45, 7) is 9.61. The molecular weight excluding hydrogens is 455 g/mol. The molecule has 34 heavy (non-hydrogen) atoms. The molecule has 2 heterocycles. The molecule has 1 aliphatic rings. The van der Waals surface area contributed by atoms with Gasteiger partial charge in [0.15, 0.2) is 17.0 Å². The number of benzene rings is 1. The fourth-order valence-corrected chi connectivity index (χ4v) is 4.41. The third kappa shape index (κ3) is 5.55. The number of hydrogen-bond donors (Lipinski definition) is 0. The fraction of sp³-hybridized carbons (Fsp3) is 0.423. The minimum atomic E-state index is -0.631. The molecule has 0 atom stereocenters. The van der Waals surface area contributed by atoms with Gasteiger partial charge in [0.05, 0.1) is 11.2 Å². The van der Waals surface area contributed by atoms with E-state index in [1.807, 2.05) is 9.95 Å². The molecule has 0 N–H and O–H groups in total. The smallest absolute Gasteiger partial charge is 0.331 e. The van der Waals surface area contributed by atoms with E-state index >= 15 is 0 Å². The molecule has 2 aromatic heterocycles. The van der Waals surface area contributed by atoms with Crippen LogP contribution in [0, 0.1) is 5.82 Å². The maximum atomic E-state index is 14.9. The zero-order valence-electron chi connectivity index (χ0n) is 20.1. The molecule has 180 valence electrons. The molecule has 0 unspecified atom stereocenters. The van der Waals surface area contributed by atoms with Crippen molar-refractivity contribution < 1.29 is 18.7 Å². The van der Waals surface area contributed by atoms with Gasteiger partial charge >= 0.3 is 5.97 Å². The number of carbonyl (C=O) groups is 1. The van der Waals surface area contributed by atoms with Gasteiger partial charge in [-0.05, 0) is 51.7 Å². The Morgan fingerprint density at radius 1 is 1.32 bits per heavy atom. The Morgan fingerprint density at radius 2 is 2.06 bits per heavy atom. The number of rotatable bonds is 7. The van der Waals surface area contributed by atoms with Crippen LogP contribution in [0.5, 0.6) is 5.75 Å². The highest BCUT2D eigenvalue weighted by Gasteiger charge is 2.26. The molecular formula is C26H29FN2O4S. The first-order chi connectivity index (χ1) is 16.0. The lowest BCUT2D eigenvalue weighted by Crippen LogP contribution is -2.22. The predicted molar refractivity (Wildman–Crippen MR) is 132 cm³/mol. The SMILES string of the molecule is CC(C)c1csc(COc2cc3c(cc2F)c(=O)c(/C=C/C(=O)OC(C)(C)C)cn3C2CC2)n1. The Morgan fingerprint density at radius 3 is 2.68 bits per heavy atom. The van der Waals surface area contributed by atoms with E-state index in [0.717, 1.165) is 23.5 Å². The molecule has 1 aliphatic carbocycles. The summed E-state index contributed by atoms with van der Waals surface area (Å²) in [6, 6.07) is 3.03. The van der Waals surface area contributed by atoms with E-state index in [0.29, 0.717) is 17.0 Å². The summed E-state index contributed by atoms with van der Waals surface area (Å²) in [7, 11) is 0. The summed E-state index contributed by atoms with van der Waals surface area (Å²) < 4.78 is 27.9. The maximum absolute atomic E-state index is 14.9. The minimum absolute atomic E-state index is 0.0830. The average Bonchev–Trinajstić information content (AvgIpc) is 3.47. The fourth-order valence-electron chi connectivity index (χ4n) is 3.55. The van der Waals surface area contributed by atoms with Gasteiger partial charge in [-0.3, -0.25) is 4.79 Å². The van der Waals surface area contributed by atoms with Gasteiger partial charge in [0.25, 0.3) is 0 Å². The predicted octanol–water partition coefficient (Wildman–Crippen LogP) is 5.99. The van der Waals surface area contributed by atoms with Crippen molar-refractivity contribution in [3.05, 3.63) is 62.1 Å². The molecule has 0 radical (unpaired) electrons. The third-order valence-electron chi connectivity index (χ3n) is 5.37. The van der Waals surface area contributed by atoms with Crippen molar-refractivity contribution in [2.45, 2.75) is 71.6 Å². The Balaban J connectivity index is 1.65. The molecule has 3 aromatic rings. The summed E-state index contributed by atoms with van der Waals surface area (Å²) in [6.07, 6.45) is 6.33. The number of carbonyl (C=O) groups excluding carboxylic acids is 1. The van der Waals surface area contributed by atoms with Crippen LogP contribution >= 0.6 is 11.3 Å². The standard InChI is InChI=1S/C26H29FN2O4S/c1-15(2)20-14-34-23(28-20)13-32-22-11-21-18(10-19(22)27)25(31)16(12-29(21)17-7-8-17)6-9-24(30)33-26(3,4)5/h6,9-12,14-15,17H,7-8,13H2,1-5H3/b9-6+.